The van der Waals surface area contributed by atoms with Crippen LogP contribution in [-0.4, -0.2) is 41.7 Å². The molecule has 2 aromatic carbocycles. The van der Waals surface area contributed by atoms with Crippen LogP contribution in [-0.2, 0) is 4.79 Å². The van der Waals surface area contributed by atoms with E-state index in [1.54, 1.807) is 11.8 Å². The highest BCUT2D eigenvalue weighted by Gasteiger charge is 2.29. The van der Waals surface area contributed by atoms with Gasteiger partial charge in [-0.15, -0.1) is 0 Å². The molecule has 4 nitrogen and oxygen atoms in total. The fourth-order valence-corrected chi connectivity index (χ4v) is 2.90. The predicted molar refractivity (Wildman–Crippen MR) is 85.8 cm³/mol. The SMILES string of the molecule is CC(O)C1CCN(C(=O)COc2ccc3ccccc3c2)C1. The normalized spacial score (nSPS) is 19.4. The number of hydrogen-bond acceptors (Lipinski definition) is 3. The third-order valence-corrected chi connectivity index (χ3v) is 4.34. The molecule has 0 radical (unpaired) electrons. The molecule has 1 heterocycles. The van der Waals surface area contributed by atoms with E-state index in [2.05, 4.69) is 0 Å². The summed E-state index contributed by atoms with van der Waals surface area (Å²) in [6.45, 7) is 3.15. The molecule has 0 spiro atoms. The standard InChI is InChI=1S/C18H21NO3/c1-13(20)16-8-9-19(11-16)18(21)12-22-17-7-6-14-4-2-3-5-15(14)10-17/h2-7,10,13,16,20H,8-9,11-12H2,1H3. The average molecular weight is 299 g/mol. The van der Waals surface area contributed by atoms with Gasteiger partial charge in [-0.3, -0.25) is 4.79 Å². The van der Waals surface area contributed by atoms with E-state index in [0.29, 0.717) is 18.8 Å². The molecule has 1 saturated heterocycles. The van der Waals surface area contributed by atoms with Crippen LogP contribution in [0.3, 0.4) is 0 Å². The van der Waals surface area contributed by atoms with Gasteiger partial charge in [0.2, 0.25) is 0 Å². The Morgan fingerprint density at radius 2 is 2.09 bits per heavy atom. The molecule has 0 aliphatic carbocycles. The van der Waals surface area contributed by atoms with Gasteiger partial charge in [0.25, 0.3) is 5.91 Å². The van der Waals surface area contributed by atoms with Crippen LogP contribution in [0.25, 0.3) is 10.8 Å². The summed E-state index contributed by atoms with van der Waals surface area (Å²) in [4.78, 5) is 13.9. The lowest BCUT2D eigenvalue weighted by Gasteiger charge is -2.18. The number of benzene rings is 2. The van der Waals surface area contributed by atoms with Gasteiger partial charge >= 0.3 is 0 Å². The Morgan fingerprint density at radius 3 is 2.82 bits per heavy atom. The molecule has 1 aliphatic rings. The van der Waals surface area contributed by atoms with Gasteiger partial charge < -0.3 is 14.7 Å². The average Bonchev–Trinajstić information content (AvgIpc) is 3.03. The number of carbonyl (C=O) groups excluding carboxylic acids is 1. The number of aliphatic hydroxyl groups excluding tert-OH is 1. The number of aliphatic hydroxyl groups is 1. The summed E-state index contributed by atoms with van der Waals surface area (Å²) in [7, 11) is 0. The molecular weight excluding hydrogens is 278 g/mol. The predicted octanol–water partition coefficient (Wildman–Crippen LogP) is 2.45. The molecule has 116 valence electrons. The van der Waals surface area contributed by atoms with E-state index in [-0.39, 0.29) is 24.5 Å². The molecule has 2 aromatic rings. The minimum Gasteiger partial charge on any atom is -0.484 e. The van der Waals surface area contributed by atoms with Crippen molar-refractivity contribution in [2.45, 2.75) is 19.4 Å². The molecule has 4 heteroatoms. The Labute approximate surface area is 130 Å². The van der Waals surface area contributed by atoms with Gasteiger partial charge in [-0.1, -0.05) is 30.3 Å². The number of hydrogen-bond donors (Lipinski definition) is 1. The Balaban J connectivity index is 1.58. The third-order valence-electron chi connectivity index (χ3n) is 4.34. The van der Waals surface area contributed by atoms with Gasteiger partial charge in [0.15, 0.2) is 6.61 Å². The summed E-state index contributed by atoms with van der Waals surface area (Å²) in [5.74, 6) is 0.874. The second kappa shape index (κ2) is 6.36. The molecular formula is C18H21NO3. The van der Waals surface area contributed by atoms with Gasteiger partial charge in [-0.25, -0.2) is 0 Å². The van der Waals surface area contributed by atoms with Crippen molar-refractivity contribution in [3.63, 3.8) is 0 Å². The van der Waals surface area contributed by atoms with Crippen molar-refractivity contribution in [1.29, 1.82) is 0 Å². The van der Waals surface area contributed by atoms with Crippen molar-refractivity contribution in [3.05, 3.63) is 42.5 Å². The summed E-state index contributed by atoms with van der Waals surface area (Å²) < 4.78 is 5.63. The Hall–Kier alpha value is -2.07. The van der Waals surface area contributed by atoms with Crippen LogP contribution < -0.4 is 4.74 Å². The number of amides is 1. The first-order chi connectivity index (χ1) is 10.6. The van der Waals surface area contributed by atoms with Crippen molar-refractivity contribution in [1.82, 2.24) is 4.90 Å². The fraction of sp³-hybridized carbons (Fsp3) is 0.389. The molecule has 0 saturated carbocycles. The highest BCUT2D eigenvalue weighted by Crippen LogP contribution is 2.22. The second-order valence-electron chi connectivity index (χ2n) is 5.93. The topological polar surface area (TPSA) is 49.8 Å². The van der Waals surface area contributed by atoms with Crippen molar-refractivity contribution >= 4 is 16.7 Å². The molecule has 1 aliphatic heterocycles. The maximum Gasteiger partial charge on any atom is 0.260 e. The first kappa shape index (κ1) is 14.9. The Morgan fingerprint density at radius 1 is 1.32 bits per heavy atom. The van der Waals surface area contributed by atoms with Crippen LogP contribution in [0.15, 0.2) is 42.5 Å². The molecule has 0 aromatic heterocycles. The fourth-order valence-electron chi connectivity index (χ4n) is 2.90. The van der Waals surface area contributed by atoms with Crippen LogP contribution in [0.2, 0.25) is 0 Å². The zero-order valence-electron chi connectivity index (χ0n) is 12.7. The van der Waals surface area contributed by atoms with Gasteiger partial charge in [-0.05, 0) is 36.2 Å². The Kier molecular flexibility index (Phi) is 4.29. The number of ether oxygens (including phenoxy) is 1. The number of likely N-dealkylation sites (tertiary alicyclic amines) is 1. The molecule has 22 heavy (non-hydrogen) atoms. The van der Waals surface area contributed by atoms with E-state index < -0.39 is 0 Å². The smallest absolute Gasteiger partial charge is 0.260 e. The first-order valence-electron chi connectivity index (χ1n) is 7.71. The van der Waals surface area contributed by atoms with E-state index >= 15 is 0 Å². The molecule has 0 bridgehead atoms. The van der Waals surface area contributed by atoms with Crippen molar-refractivity contribution < 1.29 is 14.6 Å². The first-order valence-corrected chi connectivity index (χ1v) is 7.71. The van der Waals surface area contributed by atoms with Crippen LogP contribution in [0.4, 0.5) is 0 Å². The molecule has 1 N–H and O–H groups in total. The maximum atomic E-state index is 12.2. The lowest BCUT2D eigenvalue weighted by Crippen LogP contribution is -2.34. The highest BCUT2D eigenvalue weighted by atomic mass is 16.5. The molecule has 3 rings (SSSR count). The number of fused-ring (bicyclic) bond motifs is 1. The summed E-state index contributed by atoms with van der Waals surface area (Å²) >= 11 is 0. The largest absolute Gasteiger partial charge is 0.484 e. The van der Waals surface area contributed by atoms with Gasteiger partial charge in [0.05, 0.1) is 6.10 Å². The van der Waals surface area contributed by atoms with E-state index in [1.807, 2.05) is 42.5 Å². The number of nitrogens with zero attached hydrogens (tertiary/aromatic N) is 1. The summed E-state index contributed by atoms with van der Waals surface area (Å²) in [6, 6.07) is 13.9. The monoisotopic (exact) mass is 299 g/mol. The van der Waals surface area contributed by atoms with Crippen LogP contribution in [0.5, 0.6) is 5.75 Å². The van der Waals surface area contributed by atoms with Crippen molar-refractivity contribution in [2.24, 2.45) is 5.92 Å². The molecule has 2 atom stereocenters. The molecule has 2 unspecified atom stereocenters. The second-order valence-corrected chi connectivity index (χ2v) is 5.93. The van der Waals surface area contributed by atoms with E-state index in [1.165, 1.54) is 0 Å². The third kappa shape index (κ3) is 3.22. The minimum absolute atomic E-state index is 0.0173. The highest BCUT2D eigenvalue weighted by molar-refractivity contribution is 5.84. The van der Waals surface area contributed by atoms with Gasteiger partial charge in [0.1, 0.15) is 5.75 Å². The summed E-state index contributed by atoms with van der Waals surface area (Å²) in [5, 5.41) is 11.8. The summed E-state index contributed by atoms with van der Waals surface area (Å²) in [5.41, 5.74) is 0. The maximum absolute atomic E-state index is 12.2. The lowest BCUT2D eigenvalue weighted by molar-refractivity contribution is -0.132. The zero-order chi connectivity index (χ0) is 15.5. The number of rotatable bonds is 4. The van der Waals surface area contributed by atoms with Gasteiger partial charge in [-0.2, -0.15) is 0 Å². The lowest BCUT2D eigenvalue weighted by atomic mass is 10.0. The van der Waals surface area contributed by atoms with Gasteiger partial charge in [0, 0.05) is 19.0 Å². The summed E-state index contributed by atoms with van der Waals surface area (Å²) in [6.07, 6.45) is 0.499. The van der Waals surface area contributed by atoms with Crippen molar-refractivity contribution in [3.8, 4) is 5.75 Å². The van der Waals surface area contributed by atoms with E-state index in [4.69, 9.17) is 4.74 Å². The zero-order valence-corrected chi connectivity index (χ0v) is 12.7. The van der Waals surface area contributed by atoms with Crippen molar-refractivity contribution in [2.75, 3.05) is 19.7 Å². The van der Waals surface area contributed by atoms with Crippen LogP contribution in [0.1, 0.15) is 13.3 Å². The number of carbonyl (C=O) groups is 1. The van der Waals surface area contributed by atoms with Crippen LogP contribution >= 0.6 is 0 Å². The molecule has 1 amide bonds. The van der Waals surface area contributed by atoms with E-state index in [0.717, 1.165) is 17.2 Å². The molecule has 1 fully saturated rings. The van der Waals surface area contributed by atoms with E-state index in [9.17, 15) is 9.90 Å². The minimum atomic E-state index is -0.362. The van der Waals surface area contributed by atoms with Crippen LogP contribution in [0, 0.1) is 5.92 Å². The quantitative estimate of drug-likeness (QED) is 0.943. The Bertz CT molecular complexity index is 668.